The van der Waals surface area contributed by atoms with Crippen LogP contribution in [0.3, 0.4) is 0 Å². The SMILES string of the molecule is NC(=O)CCNS(=O)(=O)c1c(F)cc(F)cc1Br. The van der Waals surface area contributed by atoms with Crippen LogP contribution in [0.4, 0.5) is 8.78 Å². The van der Waals surface area contributed by atoms with Gasteiger partial charge in [0, 0.05) is 23.5 Å². The zero-order chi connectivity index (χ0) is 13.9. The number of nitrogens with two attached hydrogens (primary N) is 1. The first-order chi connectivity index (χ1) is 8.24. The standard InChI is InChI=1S/C9H9BrF2N2O3S/c10-6-3-5(11)4-7(12)9(6)18(16,17)14-2-1-8(13)15/h3-4,14H,1-2H2,(H2,13,15). The molecule has 9 heteroatoms. The van der Waals surface area contributed by atoms with Gasteiger partial charge in [0.25, 0.3) is 0 Å². The molecule has 0 fully saturated rings. The van der Waals surface area contributed by atoms with E-state index in [1.165, 1.54) is 0 Å². The molecule has 0 unspecified atom stereocenters. The number of rotatable bonds is 5. The number of carbonyl (C=O) groups is 1. The van der Waals surface area contributed by atoms with E-state index in [1.807, 2.05) is 4.72 Å². The monoisotopic (exact) mass is 342 g/mol. The maximum atomic E-state index is 13.4. The van der Waals surface area contributed by atoms with E-state index in [2.05, 4.69) is 15.9 Å². The number of hydrogen-bond acceptors (Lipinski definition) is 3. The van der Waals surface area contributed by atoms with Crippen LogP contribution >= 0.6 is 15.9 Å². The van der Waals surface area contributed by atoms with E-state index in [0.29, 0.717) is 6.07 Å². The fraction of sp³-hybridized carbons (Fsp3) is 0.222. The molecule has 0 bridgehead atoms. The lowest BCUT2D eigenvalue weighted by molar-refractivity contribution is -0.117. The van der Waals surface area contributed by atoms with Gasteiger partial charge >= 0.3 is 0 Å². The Kier molecular flexibility index (Phi) is 4.77. The lowest BCUT2D eigenvalue weighted by Crippen LogP contribution is -2.29. The maximum Gasteiger partial charge on any atom is 0.244 e. The van der Waals surface area contributed by atoms with Crippen molar-refractivity contribution >= 4 is 31.9 Å². The normalized spacial score (nSPS) is 11.5. The third-order valence-corrected chi connectivity index (χ3v) is 4.32. The highest BCUT2D eigenvalue weighted by Crippen LogP contribution is 2.25. The highest BCUT2D eigenvalue weighted by Gasteiger charge is 2.23. The predicted molar refractivity (Wildman–Crippen MR) is 63.1 cm³/mol. The van der Waals surface area contributed by atoms with Crippen molar-refractivity contribution in [3.8, 4) is 0 Å². The summed E-state index contributed by atoms with van der Waals surface area (Å²) in [4.78, 5) is 9.74. The van der Waals surface area contributed by atoms with Crippen LogP contribution in [0.5, 0.6) is 0 Å². The first-order valence-electron chi connectivity index (χ1n) is 4.66. The average molecular weight is 343 g/mol. The van der Waals surface area contributed by atoms with Crippen LogP contribution in [0.2, 0.25) is 0 Å². The van der Waals surface area contributed by atoms with Gasteiger partial charge in [0.05, 0.1) is 0 Å². The number of benzene rings is 1. The maximum absolute atomic E-state index is 13.4. The molecule has 0 aromatic heterocycles. The summed E-state index contributed by atoms with van der Waals surface area (Å²) in [6.45, 7) is -0.263. The van der Waals surface area contributed by atoms with Gasteiger partial charge in [-0.15, -0.1) is 0 Å². The van der Waals surface area contributed by atoms with Gasteiger partial charge in [-0.2, -0.15) is 0 Å². The molecule has 5 nitrogen and oxygen atoms in total. The van der Waals surface area contributed by atoms with Crippen LogP contribution in [0.1, 0.15) is 6.42 Å². The van der Waals surface area contributed by atoms with Crippen LogP contribution in [0, 0.1) is 11.6 Å². The Labute approximate surface area is 111 Å². The van der Waals surface area contributed by atoms with E-state index in [9.17, 15) is 22.0 Å². The fourth-order valence-corrected chi connectivity index (χ4v) is 3.36. The molecule has 0 aliphatic heterocycles. The molecule has 0 saturated carbocycles. The van der Waals surface area contributed by atoms with Crippen LogP contribution in [0.25, 0.3) is 0 Å². The summed E-state index contributed by atoms with van der Waals surface area (Å²) in [5.41, 5.74) is 4.83. The van der Waals surface area contributed by atoms with Crippen molar-refractivity contribution in [2.75, 3.05) is 6.54 Å². The van der Waals surface area contributed by atoms with E-state index < -0.39 is 32.5 Å². The summed E-state index contributed by atoms with van der Waals surface area (Å²) in [5, 5.41) is 0. The largest absolute Gasteiger partial charge is 0.370 e. The summed E-state index contributed by atoms with van der Waals surface area (Å²) in [6, 6.07) is 1.28. The molecule has 0 spiro atoms. The first-order valence-corrected chi connectivity index (χ1v) is 6.94. The van der Waals surface area contributed by atoms with E-state index in [4.69, 9.17) is 5.73 Å². The van der Waals surface area contributed by atoms with Crippen molar-refractivity contribution in [1.82, 2.24) is 4.72 Å². The highest BCUT2D eigenvalue weighted by molar-refractivity contribution is 9.10. The molecule has 0 heterocycles. The van der Waals surface area contributed by atoms with Crippen molar-refractivity contribution in [3.05, 3.63) is 28.2 Å². The Balaban J connectivity index is 3.02. The third-order valence-electron chi connectivity index (χ3n) is 1.90. The second-order valence-corrected chi connectivity index (χ2v) is 5.87. The lowest BCUT2D eigenvalue weighted by atomic mass is 10.3. The molecule has 18 heavy (non-hydrogen) atoms. The van der Waals surface area contributed by atoms with Gasteiger partial charge in [0.1, 0.15) is 16.5 Å². The van der Waals surface area contributed by atoms with E-state index in [-0.39, 0.29) is 17.4 Å². The minimum absolute atomic E-state index is 0.223. The van der Waals surface area contributed by atoms with Crippen LogP contribution in [-0.2, 0) is 14.8 Å². The molecule has 1 aromatic rings. The molecule has 0 saturated heterocycles. The van der Waals surface area contributed by atoms with Crippen LogP contribution in [-0.4, -0.2) is 20.9 Å². The van der Waals surface area contributed by atoms with Crippen LogP contribution < -0.4 is 10.5 Å². The molecular formula is C9H9BrF2N2O3S. The number of carbonyl (C=O) groups excluding carboxylic acids is 1. The minimum Gasteiger partial charge on any atom is -0.370 e. The Morgan fingerprint density at radius 1 is 1.39 bits per heavy atom. The quantitative estimate of drug-likeness (QED) is 0.832. The zero-order valence-electron chi connectivity index (χ0n) is 8.91. The summed E-state index contributed by atoms with van der Waals surface area (Å²) in [5.74, 6) is -2.83. The van der Waals surface area contributed by atoms with Crippen LogP contribution in [0.15, 0.2) is 21.5 Å². The molecular weight excluding hydrogens is 334 g/mol. The average Bonchev–Trinajstić information content (AvgIpc) is 2.13. The number of hydrogen-bond donors (Lipinski definition) is 2. The van der Waals surface area contributed by atoms with E-state index >= 15 is 0 Å². The number of nitrogens with one attached hydrogen (secondary N) is 1. The van der Waals surface area contributed by atoms with E-state index in [0.717, 1.165) is 6.07 Å². The third kappa shape index (κ3) is 3.72. The van der Waals surface area contributed by atoms with Crippen molar-refractivity contribution in [2.45, 2.75) is 11.3 Å². The molecule has 1 amide bonds. The topological polar surface area (TPSA) is 89.3 Å². The van der Waals surface area contributed by atoms with Gasteiger partial charge in [-0.25, -0.2) is 21.9 Å². The molecule has 1 aromatic carbocycles. The Morgan fingerprint density at radius 3 is 2.50 bits per heavy atom. The second kappa shape index (κ2) is 5.72. The van der Waals surface area contributed by atoms with Crippen molar-refractivity contribution in [3.63, 3.8) is 0 Å². The Bertz CT molecular complexity index is 554. The van der Waals surface area contributed by atoms with Crippen molar-refractivity contribution < 1.29 is 22.0 Å². The number of sulfonamides is 1. The highest BCUT2D eigenvalue weighted by atomic mass is 79.9. The van der Waals surface area contributed by atoms with Gasteiger partial charge in [0.2, 0.25) is 15.9 Å². The van der Waals surface area contributed by atoms with Crippen molar-refractivity contribution in [2.24, 2.45) is 5.73 Å². The number of amides is 1. The van der Waals surface area contributed by atoms with Gasteiger partial charge in [0.15, 0.2) is 0 Å². The van der Waals surface area contributed by atoms with Gasteiger partial charge in [-0.1, -0.05) is 0 Å². The van der Waals surface area contributed by atoms with Gasteiger partial charge in [-0.3, -0.25) is 4.79 Å². The molecule has 0 aliphatic rings. The first kappa shape index (κ1) is 15.0. The minimum atomic E-state index is -4.18. The summed E-state index contributed by atoms with van der Waals surface area (Å²) in [7, 11) is -4.18. The Morgan fingerprint density at radius 2 is 2.00 bits per heavy atom. The molecule has 0 atom stereocenters. The van der Waals surface area contributed by atoms with Gasteiger partial charge in [-0.05, 0) is 22.0 Å². The zero-order valence-corrected chi connectivity index (χ0v) is 11.3. The summed E-state index contributed by atoms with van der Waals surface area (Å²) in [6.07, 6.45) is -0.223. The smallest absolute Gasteiger partial charge is 0.244 e. The van der Waals surface area contributed by atoms with Crippen molar-refractivity contribution in [1.29, 1.82) is 0 Å². The molecule has 0 aliphatic carbocycles. The fourth-order valence-electron chi connectivity index (χ4n) is 1.17. The summed E-state index contributed by atoms with van der Waals surface area (Å²) >= 11 is 2.76. The molecule has 3 N–H and O–H groups in total. The Hall–Kier alpha value is -1.06. The number of halogens is 3. The molecule has 1 rings (SSSR count). The number of primary amides is 1. The lowest BCUT2D eigenvalue weighted by Gasteiger charge is -2.08. The predicted octanol–water partition coefficient (Wildman–Crippen LogP) is 0.881. The molecule has 100 valence electrons. The van der Waals surface area contributed by atoms with Gasteiger partial charge < -0.3 is 5.73 Å². The van der Waals surface area contributed by atoms with E-state index in [1.54, 1.807) is 0 Å². The second-order valence-electron chi connectivity index (χ2n) is 3.31. The molecule has 0 radical (unpaired) electrons. The summed E-state index contributed by atoms with van der Waals surface area (Å²) < 4.78 is 51.4.